The molecule has 2 heterocycles. The lowest BCUT2D eigenvalue weighted by atomic mass is 10.1. The van der Waals surface area contributed by atoms with Gasteiger partial charge in [-0.15, -0.1) is 11.3 Å². The van der Waals surface area contributed by atoms with Crippen LogP contribution in [0.25, 0.3) is 10.2 Å². The Morgan fingerprint density at radius 3 is 2.92 bits per heavy atom. The van der Waals surface area contributed by atoms with Gasteiger partial charge in [0.25, 0.3) is 5.56 Å². The third-order valence-corrected chi connectivity index (χ3v) is 5.72. The summed E-state index contributed by atoms with van der Waals surface area (Å²) in [4.78, 5) is 19.7. The average Bonchev–Trinajstić information content (AvgIpc) is 3.18. The molecule has 0 atom stereocenters. The van der Waals surface area contributed by atoms with E-state index in [0.717, 1.165) is 46.5 Å². The molecule has 4 rings (SSSR count). The Hall–Kier alpha value is -2.34. The summed E-state index contributed by atoms with van der Waals surface area (Å²) in [5.41, 5.74) is 2.13. The summed E-state index contributed by atoms with van der Waals surface area (Å²) in [6.07, 6.45) is 4.82. The molecular weight excluding hydrogens is 324 g/mol. The maximum atomic E-state index is 13.0. The second-order valence-corrected chi connectivity index (χ2v) is 6.98. The lowest BCUT2D eigenvalue weighted by Gasteiger charge is -2.12. The van der Waals surface area contributed by atoms with Crippen molar-refractivity contribution in [3.63, 3.8) is 0 Å². The lowest BCUT2D eigenvalue weighted by molar-refractivity contribution is 0.397. The molecule has 1 aliphatic rings. The van der Waals surface area contributed by atoms with Crippen LogP contribution in [0.4, 0.5) is 0 Å². The van der Waals surface area contributed by atoms with E-state index in [0.29, 0.717) is 6.54 Å². The number of aromatic nitrogens is 2. The summed E-state index contributed by atoms with van der Waals surface area (Å²) in [6.45, 7) is 0.409. The van der Waals surface area contributed by atoms with Crippen LogP contribution < -0.4 is 15.0 Å². The summed E-state index contributed by atoms with van der Waals surface area (Å²) in [5.74, 6) is 1.47. The van der Waals surface area contributed by atoms with Crippen LogP contribution in [0.2, 0.25) is 0 Å². The molecule has 0 spiro atoms. The molecule has 0 saturated heterocycles. The van der Waals surface area contributed by atoms with Gasteiger partial charge in [0, 0.05) is 10.4 Å². The van der Waals surface area contributed by atoms with E-state index in [1.165, 1.54) is 10.4 Å². The molecule has 124 valence electrons. The number of aryl methyl sites for hydroxylation is 2. The first kappa shape index (κ1) is 15.2. The standard InChI is InChI=1S/C18H18N2O3S/c1-22-12-6-7-14(23-2)11(8-12)9-20-10-19-17-16(18(20)21)13-4-3-5-15(13)24-17/h6-8,10H,3-5,9H2,1-2H3. The average molecular weight is 342 g/mol. The van der Waals surface area contributed by atoms with Crippen molar-refractivity contribution >= 4 is 21.6 Å². The summed E-state index contributed by atoms with van der Waals surface area (Å²) in [7, 11) is 3.25. The number of thiophene rings is 1. The quantitative estimate of drug-likeness (QED) is 0.731. The third-order valence-electron chi connectivity index (χ3n) is 4.52. The van der Waals surface area contributed by atoms with E-state index in [1.54, 1.807) is 36.5 Å². The van der Waals surface area contributed by atoms with E-state index in [1.807, 2.05) is 18.2 Å². The fourth-order valence-corrected chi connectivity index (χ4v) is 4.54. The maximum absolute atomic E-state index is 13.0. The molecule has 0 fully saturated rings. The van der Waals surface area contributed by atoms with Gasteiger partial charge in [0.15, 0.2) is 0 Å². The Labute approximate surface area is 143 Å². The molecule has 1 aromatic carbocycles. The van der Waals surface area contributed by atoms with Crippen molar-refractivity contribution in [1.29, 1.82) is 0 Å². The molecule has 2 aromatic heterocycles. The molecule has 24 heavy (non-hydrogen) atoms. The largest absolute Gasteiger partial charge is 0.497 e. The Balaban J connectivity index is 1.81. The highest BCUT2D eigenvalue weighted by molar-refractivity contribution is 7.18. The van der Waals surface area contributed by atoms with Crippen molar-refractivity contribution in [3.8, 4) is 11.5 Å². The van der Waals surface area contributed by atoms with Crippen LogP contribution in [0, 0.1) is 0 Å². The first-order valence-corrected chi connectivity index (χ1v) is 8.73. The van der Waals surface area contributed by atoms with E-state index in [9.17, 15) is 4.79 Å². The topological polar surface area (TPSA) is 53.4 Å². The highest BCUT2D eigenvalue weighted by atomic mass is 32.1. The fraction of sp³-hybridized carbons (Fsp3) is 0.333. The number of ether oxygens (including phenoxy) is 2. The van der Waals surface area contributed by atoms with Crippen LogP contribution in [0.5, 0.6) is 11.5 Å². The van der Waals surface area contributed by atoms with Crippen LogP contribution in [-0.2, 0) is 19.4 Å². The molecule has 0 radical (unpaired) electrons. The molecule has 0 N–H and O–H groups in total. The SMILES string of the molecule is COc1ccc(OC)c(Cn2cnc3sc4c(c3c2=O)CCC4)c1. The number of hydrogen-bond donors (Lipinski definition) is 0. The van der Waals surface area contributed by atoms with Gasteiger partial charge in [0.2, 0.25) is 0 Å². The first-order valence-electron chi connectivity index (χ1n) is 7.92. The Kier molecular flexibility index (Phi) is 3.76. The minimum atomic E-state index is 0.0317. The molecule has 5 nitrogen and oxygen atoms in total. The molecule has 0 unspecified atom stereocenters. The molecule has 3 aromatic rings. The molecule has 0 saturated carbocycles. The number of benzene rings is 1. The van der Waals surface area contributed by atoms with Crippen LogP contribution in [0.3, 0.4) is 0 Å². The molecule has 1 aliphatic carbocycles. The second-order valence-electron chi connectivity index (χ2n) is 5.89. The zero-order chi connectivity index (χ0) is 16.7. The van der Waals surface area contributed by atoms with Gasteiger partial charge in [0.1, 0.15) is 16.3 Å². The van der Waals surface area contributed by atoms with Crippen molar-refractivity contribution in [1.82, 2.24) is 9.55 Å². The first-order chi connectivity index (χ1) is 11.7. The molecule has 6 heteroatoms. The summed E-state index contributed by atoms with van der Waals surface area (Å²) < 4.78 is 12.4. The summed E-state index contributed by atoms with van der Waals surface area (Å²) in [6, 6.07) is 5.60. The number of hydrogen-bond acceptors (Lipinski definition) is 5. The number of nitrogens with zero attached hydrogens (tertiary/aromatic N) is 2. The predicted octanol–water partition coefficient (Wildman–Crippen LogP) is 3.01. The van der Waals surface area contributed by atoms with Gasteiger partial charge in [0.05, 0.1) is 32.5 Å². The minimum absolute atomic E-state index is 0.0317. The van der Waals surface area contributed by atoms with Gasteiger partial charge in [-0.05, 0) is 43.0 Å². The monoisotopic (exact) mass is 342 g/mol. The second kappa shape index (κ2) is 5.94. The smallest absolute Gasteiger partial charge is 0.262 e. The number of methoxy groups -OCH3 is 2. The Morgan fingerprint density at radius 2 is 2.12 bits per heavy atom. The van der Waals surface area contributed by atoms with Crippen LogP contribution >= 0.6 is 11.3 Å². The van der Waals surface area contributed by atoms with Crippen molar-refractivity contribution in [2.45, 2.75) is 25.8 Å². The predicted molar refractivity (Wildman–Crippen MR) is 94.6 cm³/mol. The highest BCUT2D eigenvalue weighted by Gasteiger charge is 2.21. The van der Waals surface area contributed by atoms with E-state index >= 15 is 0 Å². The maximum Gasteiger partial charge on any atom is 0.262 e. The van der Waals surface area contributed by atoms with Crippen LogP contribution in [0.15, 0.2) is 29.3 Å². The van der Waals surface area contributed by atoms with Gasteiger partial charge in [-0.25, -0.2) is 4.98 Å². The normalized spacial score (nSPS) is 13.2. The van der Waals surface area contributed by atoms with Gasteiger partial charge in [-0.2, -0.15) is 0 Å². The Morgan fingerprint density at radius 1 is 1.25 bits per heavy atom. The summed E-state index contributed by atoms with van der Waals surface area (Å²) >= 11 is 1.66. The van der Waals surface area contributed by atoms with E-state index in [2.05, 4.69) is 4.98 Å². The Bertz CT molecular complexity index is 974. The third kappa shape index (κ3) is 2.38. The lowest BCUT2D eigenvalue weighted by Crippen LogP contribution is -2.21. The molecular formula is C18H18N2O3S. The van der Waals surface area contributed by atoms with Crippen LogP contribution in [-0.4, -0.2) is 23.8 Å². The van der Waals surface area contributed by atoms with E-state index in [4.69, 9.17) is 9.47 Å². The molecule has 0 amide bonds. The van der Waals surface area contributed by atoms with Crippen molar-refractivity contribution < 1.29 is 9.47 Å². The van der Waals surface area contributed by atoms with Gasteiger partial charge in [-0.1, -0.05) is 0 Å². The van der Waals surface area contributed by atoms with Crippen molar-refractivity contribution in [3.05, 3.63) is 50.9 Å². The molecule has 0 aliphatic heterocycles. The van der Waals surface area contributed by atoms with E-state index in [-0.39, 0.29) is 5.56 Å². The zero-order valence-corrected chi connectivity index (χ0v) is 14.5. The van der Waals surface area contributed by atoms with Gasteiger partial charge in [-0.3, -0.25) is 9.36 Å². The summed E-state index contributed by atoms with van der Waals surface area (Å²) in [5, 5.41) is 0.803. The minimum Gasteiger partial charge on any atom is -0.497 e. The van der Waals surface area contributed by atoms with Gasteiger partial charge >= 0.3 is 0 Å². The number of fused-ring (bicyclic) bond motifs is 3. The van der Waals surface area contributed by atoms with Crippen molar-refractivity contribution in [2.75, 3.05) is 14.2 Å². The van der Waals surface area contributed by atoms with Crippen LogP contribution in [0.1, 0.15) is 22.4 Å². The molecule has 0 bridgehead atoms. The fourth-order valence-electron chi connectivity index (χ4n) is 3.32. The van der Waals surface area contributed by atoms with Gasteiger partial charge < -0.3 is 9.47 Å². The zero-order valence-electron chi connectivity index (χ0n) is 13.7. The van der Waals surface area contributed by atoms with E-state index < -0.39 is 0 Å². The number of rotatable bonds is 4. The highest BCUT2D eigenvalue weighted by Crippen LogP contribution is 2.34. The van der Waals surface area contributed by atoms with Crippen molar-refractivity contribution in [2.24, 2.45) is 0 Å².